The Bertz CT molecular complexity index is 430. The monoisotopic (exact) mass is 273 g/mol. The van der Waals surface area contributed by atoms with Gasteiger partial charge in [-0.05, 0) is 12.1 Å². The summed E-state index contributed by atoms with van der Waals surface area (Å²) in [6, 6.07) is 10.7. The molecule has 1 aliphatic heterocycles. The van der Waals surface area contributed by atoms with Crippen molar-refractivity contribution in [2.24, 2.45) is 0 Å². The number of hydrogen-bond acceptors (Lipinski definition) is 2. The van der Waals surface area contributed by atoms with Crippen molar-refractivity contribution in [3.63, 3.8) is 0 Å². The Balaban J connectivity index is 0.000000722. The van der Waals surface area contributed by atoms with Crippen LogP contribution < -0.4 is 10.2 Å². The molecular formula is C12H17Cl2N3. The lowest BCUT2D eigenvalue weighted by molar-refractivity contribution is 0.586. The first-order valence-corrected chi connectivity index (χ1v) is 5.47. The molecule has 0 amide bonds. The number of para-hydroxylation sites is 1. The number of nitrogens with one attached hydrogen (secondary N) is 2. The molecule has 3 nitrogen and oxygen atoms in total. The third kappa shape index (κ3) is 2.86. The number of fused-ring (bicyclic) bond motifs is 1. The summed E-state index contributed by atoms with van der Waals surface area (Å²) in [4.78, 5) is 5.86. The fraction of sp³-hybridized carbons (Fsp3) is 0.333. The van der Waals surface area contributed by atoms with E-state index in [4.69, 9.17) is 0 Å². The minimum absolute atomic E-state index is 0. The summed E-state index contributed by atoms with van der Waals surface area (Å²) in [6.45, 7) is 4.34. The topological polar surface area (TPSA) is 31.1 Å². The van der Waals surface area contributed by atoms with Gasteiger partial charge in [-0.3, -0.25) is 0 Å². The molecule has 2 heterocycles. The van der Waals surface area contributed by atoms with Gasteiger partial charge < -0.3 is 15.2 Å². The molecule has 2 aromatic rings. The molecule has 3 rings (SSSR count). The van der Waals surface area contributed by atoms with Crippen molar-refractivity contribution in [2.75, 3.05) is 31.1 Å². The minimum Gasteiger partial charge on any atom is -0.356 e. The van der Waals surface area contributed by atoms with Crippen LogP contribution in [0.25, 0.3) is 10.9 Å². The molecule has 1 aromatic heterocycles. The molecule has 1 aliphatic rings. The van der Waals surface area contributed by atoms with Crippen molar-refractivity contribution in [3.05, 3.63) is 30.3 Å². The van der Waals surface area contributed by atoms with Gasteiger partial charge in [0.15, 0.2) is 0 Å². The van der Waals surface area contributed by atoms with Gasteiger partial charge >= 0.3 is 0 Å². The quantitative estimate of drug-likeness (QED) is 0.836. The second-order valence-corrected chi connectivity index (χ2v) is 3.98. The molecule has 0 unspecified atom stereocenters. The van der Waals surface area contributed by atoms with Gasteiger partial charge in [-0.2, -0.15) is 0 Å². The summed E-state index contributed by atoms with van der Waals surface area (Å²) in [5.41, 5.74) is 1.23. The largest absolute Gasteiger partial charge is 0.356 e. The molecule has 1 aromatic carbocycles. The van der Waals surface area contributed by atoms with E-state index >= 15 is 0 Å². The van der Waals surface area contributed by atoms with E-state index in [2.05, 4.69) is 45.5 Å². The average Bonchev–Trinajstić information content (AvgIpc) is 2.74. The number of piperazine rings is 1. The zero-order valence-corrected chi connectivity index (χ0v) is 11.1. The molecule has 2 N–H and O–H groups in total. The zero-order chi connectivity index (χ0) is 10.1. The van der Waals surface area contributed by atoms with Crippen molar-refractivity contribution in [2.45, 2.75) is 0 Å². The molecule has 1 saturated heterocycles. The summed E-state index contributed by atoms with van der Waals surface area (Å²) in [6.07, 6.45) is 0. The normalized spacial score (nSPS) is 15.2. The predicted molar refractivity (Wildman–Crippen MR) is 77.9 cm³/mol. The Morgan fingerprint density at radius 1 is 1.00 bits per heavy atom. The number of aromatic nitrogens is 1. The summed E-state index contributed by atoms with van der Waals surface area (Å²) in [7, 11) is 0. The van der Waals surface area contributed by atoms with Gasteiger partial charge in [-0.15, -0.1) is 24.8 Å². The van der Waals surface area contributed by atoms with Gasteiger partial charge in [0.25, 0.3) is 0 Å². The van der Waals surface area contributed by atoms with Crippen molar-refractivity contribution in [3.8, 4) is 0 Å². The highest BCUT2D eigenvalue weighted by Crippen LogP contribution is 2.21. The maximum Gasteiger partial charge on any atom is 0.106 e. The summed E-state index contributed by atoms with van der Waals surface area (Å²) >= 11 is 0. The number of hydrogen-bond donors (Lipinski definition) is 2. The molecular weight excluding hydrogens is 257 g/mol. The SMILES string of the molecule is Cl.Cl.c1ccc2[nH]c(N3CCNCC3)cc2c1. The number of H-pyrrole nitrogens is 1. The van der Waals surface area contributed by atoms with Crippen LogP contribution in [0.15, 0.2) is 30.3 Å². The highest BCUT2D eigenvalue weighted by Gasteiger charge is 2.11. The van der Waals surface area contributed by atoms with Gasteiger partial charge in [-0.25, -0.2) is 0 Å². The van der Waals surface area contributed by atoms with Crippen molar-refractivity contribution in [1.29, 1.82) is 0 Å². The van der Waals surface area contributed by atoms with Gasteiger partial charge in [-0.1, -0.05) is 18.2 Å². The first kappa shape index (κ1) is 14.2. The van der Waals surface area contributed by atoms with Gasteiger partial charge in [0, 0.05) is 37.1 Å². The molecule has 0 spiro atoms. The van der Waals surface area contributed by atoms with E-state index < -0.39 is 0 Å². The molecule has 94 valence electrons. The van der Waals surface area contributed by atoms with E-state index in [0.717, 1.165) is 26.2 Å². The third-order valence-corrected chi connectivity index (χ3v) is 2.97. The van der Waals surface area contributed by atoms with E-state index in [1.165, 1.54) is 16.7 Å². The number of benzene rings is 1. The molecule has 0 aliphatic carbocycles. The summed E-state index contributed by atoms with van der Waals surface area (Å²) in [5.74, 6) is 1.25. The summed E-state index contributed by atoms with van der Waals surface area (Å²) < 4.78 is 0. The predicted octanol–water partition coefficient (Wildman–Crippen LogP) is 2.42. The maximum atomic E-state index is 3.46. The average molecular weight is 274 g/mol. The second-order valence-electron chi connectivity index (χ2n) is 3.98. The minimum atomic E-state index is 0. The zero-order valence-electron chi connectivity index (χ0n) is 9.48. The Hall–Kier alpha value is -0.900. The Kier molecular flexibility index (Phi) is 5.12. The Morgan fingerprint density at radius 2 is 1.71 bits per heavy atom. The van der Waals surface area contributed by atoms with E-state index in [9.17, 15) is 0 Å². The Labute approximate surface area is 113 Å². The van der Waals surface area contributed by atoms with Crippen LogP contribution in [-0.4, -0.2) is 31.2 Å². The molecule has 17 heavy (non-hydrogen) atoms. The standard InChI is InChI=1S/C12H15N3.2ClH/c1-2-4-11-10(3-1)9-12(14-11)15-7-5-13-6-8-15;;/h1-4,9,13-14H,5-8H2;2*1H. The highest BCUT2D eigenvalue weighted by molar-refractivity contribution is 5.85. The lowest BCUT2D eigenvalue weighted by atomic mass is 10.2. The van der Waals surface area contributed by atoms with Crippen LogP contribution >= 0.6 is 24.8 Å². The first-order chi connectivity index (χ1) is 7.43. The number of anilines is 1. The van der Waals surface area contributed by atoms with Crippen LogP contribution in [0.1, 0.15) is 0 Å². The molecule has 0 atom stereocenters. The van der Waals surface area contributed by atoms with Gasteiger partial charge in [0.2, 0.25) is 0 Å². The lowest BCUT2D eigenvalue weighted by Gasteiger charge is -2.27. The fourth-order valence-electron chi connectivity index (χ4n) is 2.13. The third-order valence-electron chi connectivity index (χ3n) is 2.97. The number of rotatable bonds is 1. The van der Waals surface area contributed by atoms with Crippen LogP contribution in [0.2, 0.25) is 0 Å². The van der Waals surface area contributed by atoms with Gasteiger partial charge in [0.05, 0.1) is 0 Å². The van der Waals surface area contributed by atoms with E-state index in [1.54, 1.807) is 0 Å². The fourth-order valence-corrected chi connectivity index (χ4v) is 2.13. The molecule has 0 radical (unpaired) electrons. The van der Waals surface area contributed by atoms with Crippen LogP contribution in [0.5, 0.6) is 0 Å². The van der Waals surface area contributed by atoms with Crippen molar-refractivity contribution >= 4 is 41.5 Å². The molecule has 5 heteroatoms. The second kappa shape index (κ2) is 6.15. The van der Waals surface area contributed by atoms with E-state index in [1.807, 2.05) is 0 Å². The van der Waals surface area contributed by atoms with Crippen LogP contribution in [0.3, 0.4) is 0 Å². The van der Waals surface area contributed by atoms with Crippen molar-refractivity contribution in [1.82, 2.24) is 10.3 Å². The first-order valence-electron chi connectivity index (χ1n) is 5.47. The molecule has 0 bridgehead atoms. The van der Waals surface area contributed by atoms with Crippen molar-refractivity contribution < 1.29 is 0 Å². The number of aromatic amines is 1. The molecule has 1 fully saturated rings. The summed E-state index contributed by atoms with van der Waals surface area (Å²) in [5, 5.41) is 4.66. The van der Waals surface area contributed by atoms with E-state index in [0.29, 0.717) is 0 Å². The Morgan fingerprint density at radius 3 is 2.41 bits per heavy atom. The van der Waals surface area contributed by atoms with Crippen LogP contribution in [0.4, 0.5) is 5.82 Å². The molecule has 0 saturated carbocycles. The smallest absolute Gasteiger partial charge is 0.106 e. The van der Waals surface area contributed by atoms with Crippen LogP contribution in [0, 0.1) is 0 Å². The number of nitrogens with zero attached hydrogens (tertiary/aromatic N) is 1. The number of halogens is 2. The maximum absolute atomic E-state index is 3.46. The highest BCUT2D eigenvalue weighted by atomic mass is 35.5. The van der Waals surface area contributed by atoms with Gasteiger partial charge in [0.1, 0.15) is 5.82 Å². The lowest BCUT2D eigenvalue weighted by Crippen LogP contribution is -2.43. The van der Waals surface area contributed by atoms with E-state index in [-0.39, 0.29) is 24.8 Å². The van der Waals surface area contributed by atoms with Crippen LogP contribution in [-0.2, 0) is 0 Å².